The third-order valence-corrected chi connectivity index (χ3v) is 15.5. The van der Waals surface area contributed by atoms with Gasteiger partial charge in [-0.2, -0.15) is 0 Å². The summed E-state index contributed by atoms with van der Waals surface area (Å²) in [5.74, 6) is -0.683. The van der Waals surface area contributed by atoms with E-state index >= 15 is 0 Å². The van der Waals surface area contributed by atoms with Gasteiger partial charge in [-0.25, -0.2) is 9.59 Å². The van der Waals surface area contributed by atoms with Crippen molar-refractivity contribution in [3.05, 3.63) is 46.5 Å². The molecule has 1 unspecified atom stereocenters. The predicted octanol–water partition coefficient (Wildman–Crippen LogP) is 5.32. The average molecular weight is 952 g/mol. The number of halogens is 1. The Morgan fingerprint density at radius 1 is 1.14 bits per heavy atom. The van der Waals surface area contributed by atoms with Crippen molar-refractivity contribution in [2.24, 2.45) is 28.7 Å². The maximum absolute atomic E-state index is 14.3. The van der Waals surface area contributed by atoms with Gasteiger partial charge in [0, 0.05) is 63.9 Å². The number of ether oxygens (including phenoxy) is 4. The van der Waals surface area contributed by atoms with Gasteiger partial charge < -0.3 is 50.8 Å². The van der Waals surface area contributed by atoms with Crippen molar-refractivity contribution < 1.29 is 47.7 Å². The van der Waals surface area contributed by atoms with Gasteiger partial charge in [-0.15, -0.1) is 0 Å². The summed E-state index contributed by atoms with van der Waals surface area (Å²) in [5, 5.41) is 6.03. The number of esters is 1. The highest BCUT2D eigenvalue weighted by molar-refractivity contribution is 8.76. The number of rotatable bonds is 18. The fraction of sp³-hybridized carbons (Fsp3) is 0.644. The number of alkyl carbamates (subject to hydrolysis) is 1. The van der Waals surface area contributed by atoms with E-state index in [9.17, 15) is 28.8 Å². The number of likely N-dealkylation sites (N-methyl/N-ethyl adjacent to an activating group) is 1. The molecule has 4 rings (SSSR count). The van der Waals surface area contributed by atoms with Gasteiger partial charge in [0.1, 0.15) is 29.0 Å². The number of anilines is 1. The minimum Gasteiger partial charge on any atom is -0.495 e. The van der Waals surface area contributed by atoms with Crippen molar-refractivity contribution in [1.82, 2.24) is 15.5 Å². The molecule has 2 aliphatic heterocycles. The largest absolute Gasteiger partial charge is 0.495 e. The molecule has 0 aromatic heterocycles. The number of benzene rings is 1. The Morgan fingerprint density at radius 2 is 1.84 bits per heavy atom. The second kappa shape index (κ2) is 24.5. The van der Waals surface area contributed by atoms with Crippen molar-refractivity contribution in [3.8, 4) is 5.75 Å². The number of methoxy groups -OCH3 is 2. The van der Waals surface area contributed by atoms with Crippen LogP contribution in [0.2, 0.25) is 5.02 Å². The van der Waals surface area contributed by atoms with Crippen LogP contribution in [0.1, 0.15) is 84.6 Å². The van der Waals surface area contributed by atoms with E-state index < -0.39 is 53.8 Å². The van der Waals surface area contributed by atoms with Gasteiger partial charge >= 0.3 is 12.1 Å². The fourth-order valence-electron chi connectivity index (χ4n) is 8.23. The smallest absolute Gasteiger partial charge is 0.407 e. The van der Waals surface area contributed by atoms with E-state index in [0.717, 1.165) is 11.1 Å². The maximum atomic E-state index is 14.3. The second-order valence-electron chi connectivity index (χ2n) is 17.3. The van der Waals surface area contributed by atoms with Crippen LogP contribution in [-0.4, -0.2) is 123 Å². The molecule has 16 nitrogen and oxygen atoms in total. The summed E-state index contributed by atoms with van der Waals surface area (Å²) < 4.78 is 23.6. The number of carbonyl (C=O) groups excluding carboxylic acids is 6. The second-order valence-corrected chi connectivity index (χ2v) is 20.4. The van der Waals surface area contributed by atoms with Gasteiger partial charge in [0.15, 0.2) is 0 Å². The number of fused-ring (bicyclic) bond motifs is 5. The Kier molecular flexibility index (Phi) is 20.2. The summed E-state index contributed by atoms with van der Waals surface area (Å²) in [6, 6.07) is 1.69. The monoisotopic (exact) mass is 950 g/mol. The van der Waals surface area contributed by atoms with Gasteiger partial charge in [-0.3, -0.25) is 19.2 Å². The number of carbonyl (C=O) groups is 6. The van der Waals surface area contributed by atoms with E-state index in [1.165, 1.54) is 38.5 Å². The number of nitrogens with one attached hydrogen (secondary N) is 2. The molecule has 2 heterocycles. The van der Waals surface area contributed by atoms with Crippen LogP contribution in [0, 0.1) is 17.3 Å². The standard InChI is InChI=1S/C45H67ClN6O10S2/c1-26-12-11-14-34(59-7)32-23-35(61-44(58)50-32)27(2)30-25-45(30,4)37(24-40(55)52(6)33-21-29(20-26)22-36(60-8)41(33)46)62-43(57)28(3)51(5)39(54)16-19-64-63-18-15-38(53)49-17-10-9-13-31(47)42(48)56/h11-12,14,21-22,27-28,30-32,34-35,37H,9-10,13,15-20,23-25,47H2,1-8H3,(H2,48,56)(H,49,53)(H,50,58)/b14-11+,26-12+/t27-,28-,30-,31+,32?,34+,35-,37-,45+/m0/s1. The number of primary amides is 1. The van der Waals surface area contributed by atoms with E-state index in [1.807, 2.05) is 51.1 Å². The number of unbranched alkanes of at least 4 members (excludes halogenated alkanes) is 1. The van der Waals surface area contributed by atoms with Crippen molar-refractivity contribution in [3.63, 3.8) is 0 Å². The molecule has 4 bridgehead atoms. The lowest BCUT2D eigenvalue weighted by Gasteiger charge is -2.37. The van der Waals surface area contributed by atoms with Crippen molar-refractivity contribution in [1.29, 1.82) is 0 Å². The minimum absolute atomic E-state index is 0.0783. The fourth-order valence-corrected chi connectivity index (χ4v) is 10.5. The number of allylic oxidation sites excluding steroid dienone is 3. The molecule has 1 aliphatic carbocycles. The highest BCUT2D eigenvalue weighted by Gasteiger charge is 2.61. The van der Waals surface area contributed by atoms with E-state index in [4.69, 9.17) is 42.0 Å². The van der Waals surface area contributed by atoms with Crippen LogP contribution in [-0.2, 0) is 44.6 Å². The molecule has 1 aromatic carbocycles. The zero-order chi connectivity index (χ0) is 47.3. The van der Waals surface area contributed by atoms with Crippen LogP contribution in [0.25, 0.3) is 0 Å². The molecule has 356 valence electrons. The lowest BCUT2D eigenvalue weighted by atomic mass is 9.84. The Labute approximate surface area is 390 Å². The molecule has 3 aliphatic rings. The third kappa shape index (κ3) is 14.5. The number of nitrogens with two attached hydrogens (primary N) is 2. The van der Waals surface area contributed by atoms with E-state index in [1.54, 1.807) is 28.1 Å². The van der Waals surface area contributed by atoms with Crippen molar-refractivity contribution >= 4 is 74.6 Å². The van der Waals surface area contributed by atoms with Crippen LogP contribution >= 0.6 is 33.2 Å². The molecule has 9 atom stereocenters. The van der Waals surface area contributed by atoms with Crippen LogP contribution in [0.5, 0.6) is 5.75 Å². The first-order valence-corrected chi connectivity index (χ1v) is 24.7. The molecule has 0 spiro atoms. The van der Waals surface area contributed by atoms with E-state index in [-0.39, 0.29) is 53.5 Å². The molecule has 6 N–H and O–H groups in total. The Bertz CT molecular complexity index is 1900. The summed E-state index contributed by atoms with van der Waals surface area (Å²) in [6.45, 7) is 8.07. The first-order chi connectivity index (χ1) is 30.3. The number of amides is 5. The molecule has 0 radical (unpaired) electrons. The summed E-state index contributed by atoms with van der Waals surface area (Å²) in [4.78, 5) is 80.6. The zero-order valence-corrected chi connectivity index (χ0v) is 40.7. The van der Waals surface area contributed by atoms with Gasteiger partial charge in [-0.1, -0.05) is 70.8 Å². The highest BCUT2D eigenvalue weighted by Crippen LogP contribution is 2.61. The lowest BCUT2D eigenvalue weighted by molar-refractivity contribution is -0.162. The Hall–Kier alpha value is -3.97. The molecular weight excluding hydrogens is 884 g/mol. The molecule has 19 heteroatoms. The summed E-state index contributed by atoms with van der Waals surface area (Å²) in [5.41, 5.74) is 12.4. The molecule has 64 heavy (non-hydrogen) atoms. The normalized spacial score (nSPS) is 27.0. The Balaban J connectivity index is 1.44. The van der Waals surface area contributed by atoms with Gasteiger partial charge in [0.25, 0.3) is 0 Å². The molecule has 2 fully saturated rings. The van der Waals surface area contributed by atoms with E-state index in [2.05, 4.69) is 10.6 Å². The van der Waals surface area contributed by atoms with Crippen LogP contribution in [0.3, 0.4) is 0 Å². The minimum atomic E-state index is -0.958. The lowest BCUT2D eigenvalue weighted by Crippen LogP contribution is -2.53. The third-order valence-electron chi connectivity index (χ3n) is 12.7. The first kappa shape index (κ1) is 52.7. The maximum Gasteiger partial charge on any atom is 0.407 e. The molecule has 1 saturated carbocycles. The summed E-state index contributed by atoms with van der Waals surface area (Å²) >= 11 is 6.83. The molecule has 1 saturated heterocycles. The quantitative estimate of drug-likeness (QED) is 0.0832. The average Bonchev–Trinajstić information content (AvgIpc) is 3.96. The van der Waals surface area contributed by atoms with Crippen LogP contribution in [0.4, 0.5) is 10.5 Å². The summed E-state index contributed by atoms with van der Waals surface area (Å²) in [6.07, 6.45) is 7.22. The Morgan fingerprint density at radius 3 is 2.52 bits per heavy atom. The predicted molar refractivity (Wildman–Crippen MR) is 251 cm³/mol. The molecule has 5 amide bonds. The first-order valence-electron chi connectivity index (χ1n) is 21.8. The SMILES string of the molecule is COc1cc2cc(c1Cl)N(C)C(=O)C[C@H](OC(=O)[C@H](C)N(C)C(=O)CCSSCCC(=O)NCCCC[C@@H](N)C(N)=O)[C@]1(C)C[C@H]1[C@H](C)[C@@H]1CC(NC(=O)O1)[C@H](OC)/C=C/C=C(\C)C2. The number of hydrogen-bond acceptors (Lipinski definition) is 13. The molecular formula is C45H67ClN6O10S2. The van der Waals surface area contributed by atoms with Gasteiger partial charge in [-0.05, 0) is 75.5 Å². The van der Waals surface area contributed by atoms with Crippen molar-refractivity contribution in [2.75, 3.05) is 51.3 Å². The number of nitrogens with zero attached hydrogens (tertiary/aromatic N) is 2. The highest BCUT2D eigenvalue weighted by atomic mass is 35.5. The zero-order valence-electron chi connectivity index (χ0n) is 38.3. The van der Waals surface area contributed by atoms with Gasteiger partial charge in [0.2, 0.25) is 23.6 Å². The van der Waals surface area contributed by atoms with Gasteiger partial charge in [0.05, 0.1) is 37.4 Å². The van der Waals surface area contributed by atoms with E-state index in [0.29, 0.717) is 74.4 Å². The van der Waals surface area contributed by atoms with Crippen LogP contribution in [0.15, 0.2) is 35.9 Å². The van der Waals surface area contributed by atoms with Crippen molar-refractivity contribution in [2.45, 2.75) is 122 Å². The summed E-state index contributed by atoms with van der Waals surface area (Å²) in [7, 11) is 9.24. The number of hydrogen-bond donors (Lipinski definition) is 4. The van der Waals surface area contributed by atoms with Crippen LogP contribution < -0.4 is 31.7 Å². The molecule has 1 aromatic rings. The topological polar surface area (TPSA) is 222 Å².